The van der Waals surface area contributed by atoms with Crippen LogP contribution in [0.2, 0.25) is 0 Å². The van der Waals surface area contributed by atoms with E-state index in [1.54, 1.807) is 4.90 Å². The van der Waals surface area contributed by atoms with Crippen molar-refractivity contribution in [2.75, 3.05) is 25.1 Å². The van der Waals surface area contributed by atoms with Gasteiger partial charge in [0.15, 0.2) is 0 Å². The van der Waals surface area contributed by atoms with Crippen molar-refractivity contribution >= 4 is 15.9 Å². The number of hydrogen-bond donors (Lipinski definition) is 1. The largest absolute Gasteiger partial charge is 0.444 e. The van der Waals surface area contributed by atoms with Gasteiger partial charge in [-0.3, -0.25) is 0 Å². The third-order valence-electron chi connectivity index (χ3n) is 3.26. The van der Waals surface area contributed by atoms with Crippen molar-refractivity contribution in [3.05, 3.63) is 0 Å². The third kappa shape index (κ3) is 7.13. The molecule has 1 amide bonds. The van der Waals surface area contributed by atoms with Crippen LogP contribution in [0.15, 0.2) is 0 Å². The van der Waals surface area contributed by atoms with Gasteiger partial charge in [0.05, 0.1) is 5.75 Å². The fourth-order valence-electron chi connectivity index (χ4n) is 2.46. The maximum absolute atomic E-state index is 12.1. The normalized spacial score (nSPS) is 21.4. The first-order chi connectivity index (χ1) is 9.48. The van der Waals surface area contributed by atoms with Crippen molar-refractivity contribution < 1.29 is 17.9 Å². The molecule has 1 N–H and O–H groups in total. The Labute approximate surface area is 128 Å². The van der Waals surface area contributed by atoms with Gasteiger partial charge in [0, 0.05) is 31.4 Å². The van der Waals surface area contributed by atoms with Gasteiger partial charge in [-0.05, 0) is 40.5 Å². The highest BCUT2D eigenvalue weighted by Crippen LogP contribution is 2.20. The zero-order valence-electron chi connectivity index (χ0n) is 13.7. The van der Waals surface area contributed by atoms with Gasteiger partial charge < -0.3 is 15.0 Å². The van der Waals surface area contributed by atoms with Crippen LogP contribution in [0.25, 0.3) is 0 Å². The summed E-state index contributed by atoms with van der Waals surface area (Å²) < 4.78 is 27.9. The van der Waals surface area contributed by atoms with Crippen LogP contribution < -0.4 is 5.32 Å². The van der Waals surface area contributed by atoms with Crippen LogP contribution >= 0.6 is 0 Å². The van der Waals surface area contributed by atoms with Crippen LogP contribution in [0.1, 0.15) is 40.5 Å². The molecule has 21 heavy (non-hydrogen) atoms. The summed E-state index contributed by atoms with van der Waals surface area (Å²) in [5.74, 6) is 0.103. The van der Waals surface area contributed by atoms with E-state index in [-0.39, 0.29) is 23.9 Å². The quantitative estimate of drug-likeness (QED) is 0.829. The number of nitrogens with zero attached hydrogens (tertiary/aromatic N) is 1. The van der Waals surface area contributed by atoms with E-state index in [1.807, 2.05) is 27.7 Å². The molecular formula is C14H28N2O4S. The van der Waals surface area contributed by atoms with Gasteiger partial charge in [-0.15, -0.1) is 0 Å². The molecule has 0 aromatic carbocycles. The summed E-state index contributed by atoms with van der Waals surface area (Å²) in [4.78, 5) is 13.9. The maximum Gasteiger partial charge on any atom is 0.410 e. The zero-order valence-corrected chi connectivity index (χ0v) is 14.5. The Kier molecular flexibility index (Phi) is 6.04. The Morgan fingerprint density at radius 2 is 2.05 bits per heavy atom. The summed E-state index contributed by atoms with van der Waals surface area (Å²) in [5.41, 5.74) is -0.499. The molecule has 0 aliphatic carbocycles. The van der Waals surface area contributed by atoms with Gasteiger partial charge in [-0.2, -0.15) is 0 Å². The number of sulfone groups is 1. The standard InChI is InChI=1S/C14H28N2O4S/c1-11(10-21(5,18)19)15-9-12-7-6-8-16(12)13(17)20-14(2,3)4/h11-12,15H,6-10H2,1-5H3. The van der Waals surface area contributed by atoms with Crippen molar-refractivity contribution in [2.45, 2.75) is 58.2 Å². The van der Waals surface area contributed by atoms with Crippen LogP contribution in [0, 0.1) is 0 Å². The van der Waals surface area contributed by atoms with E-state index < -0.39 is 15.4 Å². The Bertz CT molecular complexity index is 456. The molecule has 7 heteroatoms. The molecule has 1 heterocycles. The summed E-state index contributed by atoms with van der Waals surface area (Å²) in [6, 6.07) is -0.0528. The van der Waals surface area contributed by atoms with Crippen molar-refractivity contribution in [1.29, 1.82) is 0 Å². The summed E-state index contributed by atoms with van der Waals surface area (Å²) in [5, 5.41) is 3.20. The summed E-state index contributed by atoms with van der Waals surface area (Å²) in [6.07, 6.45) is 2.81. The fourth-order valence-corrected chi connectivity index (χ4v) is 3.49. The number of carbonyl (C=O) groups excluding carboxylic acids is 1. The van der Waals surface area contributed by atoms with Crippen LogP contribution in [0.5, 0.6) is 0 Å². The Balaban J connectivity index is 2.49. The number of rotatable bonds is 5. The molecule has 0 radical (unpaired) electrons. The molecular weight excluding hydrogens is 292 g/mol. The highest BCUT2D eigenvalue weighted by molar-refractivity contribution is 7.90. The topological polar surface area (TPSA) is 75.7 Å². The van der Waals surface area contributed by atoms with Crippen molar-refractivity contribution in [2.24, 2.45) is 0 Å². The van der Waals surface area contributed by atoms with E-state index in [4.69, 9.17) is 4.74 Å². The lowest BCUT2D eigenvalue weighted by molar-refractivity contribution is 0.0225. The number of amides is 1. The molecule has 2 atom stereocenters. The minimum absolute atomic E-state index is 0.0712. The van der Waals surface area contributed by atoms with Gasteiger partial charge in [0.1, 0.15) is 15.4 Å². The number of likely N-dealkylation sites (tertiary alicyclic amines) is 1. The molecule has 1 aliphatic rings. The molecule has 0 saturated carbocycles. The highest BCUT2D eigenvalue weighted by atomic mass is 32.2. The molecule has 0 aromatic heterocycles. The Morgan fingerprint density at radius 3 is 2.57 bits per heavy atom. The molecule has 1 fully saturated rings. The lowest BCUT2D eigenvalue weighted by Crippen LogP contribution is -2.46. The first kappa shape index (κ1) is 18.2. The van der Waals surface area contributed by atoms with E-state index >= 15 is 0 Å². The predicted octanol–water partition coefficient (Wildman–Crippen LogP) is 1.41. The molecule has 0 spiro atoms. The molecule has 1 saturated heterocycles. The molecule has 1 aliphatic heterocycles. The van der Waals surface area contributed by atoms with Gasteiger partial charge in [-0.25, -0.2) is 13.2 Å². The summed E-state index contributed by atoms with van der Waals surface area (Å²) >= 11 is 0. The Morgan fingerprint density at radius 1 is 1.43 bits per heavy atom. The van der Waals surface area contributed by atoms with E-state index in [1.165, 1.54) is 6.26 Å². The number of hydrogen-bond acceptors (Lipinski definition) is 5. The first-order valence-corrected chi connectivity index (χ1v) is 9.45. The van der Waals surface area contributed by atoms with Crippen molar-refractivity contribution in [1.82, 2.24) is 10.2 Å². The molecule has 124 valence electrons. The lowest BCUT2D eigenvalue weighted by Gasteiger charge is -2.29. The van der Waals surface area contributed by atoms with Gasteiger partial charge in [0.25, 0.3) is 0 Å². The van der Waals surface area contributed by atoms with Gasteiger partial charge >= 0.3 is 6.09 Å². The average molecular weight is 320 g/mol. The van der Waals surface area contributed by atoms with Gasteiger partial charge in [-0.1, -0.05) is 0 Å². The Hall–Kier alpha value is -0.820. The number of ether oxygens (including phenoxy) is 1. The van der Waals surface area contributed by atoms with E-state index in [9.17, 15) is 13.2 Å². The van der Waals surface area contributed by atoms with E-state index in [2.05, 4.69) is 5.32 Å². The number of carbonyl (C=O) groups is 1. The minimum Gasteiger partial charge on any atom is -0.444 e. The smallest absolute Gasteiger partial charge is 0.410 e. The predicted molar refractivity (Wildman–Crippen MR) is 83.1 cm³/mol. The number of nitrogens with one attached hydrogen (secondary N) is 1. The SMILES string of the molecule is CC(CS(C)(=O)=O)NCC1CCCN1C(=O)OC(C)(C)C. The lowest BCUT2D eigenvalue weighted by atomic mass is 10.2. The zero-order chi connectivity index (χ0) is 16.3. The van der Waals surface area contributed by atoms with Crippen LogP contribution in [-0.2, 0) is 14.6 Å². The fraction of sp³-hybridized carbons (Fsp3) is 0.929. The van der Waals surface area contributed by atoms with Crippen molar-refractivity contribution in [3.8, 4) is 0 Å². The second-order valence-electron chi connectivity index (χ2n) is 6.87. The molecule has 1 rings (SSSR count). The minimum atomic E-state index is -2.99. The van der Waals surface area contributed by atoms with Crippen LogP contribution in [-0.4, -0.2) is 62.2 Å². The molecule has 2 unspecified atom stereocenters. The second-order valence-corrected chi connectivity index (χ2v) is 9.06. The maximum atomic E-state index is 12.1. The third-order valence-corrected chi connectivity index (χ3v) is 4.37. The highest BCUT2D eigenvalue weighted by Gasteiger charge is 2.32. The molecule has 0 aromatic rings. The molecule has 6 nitrogen and oxygen atoms in total. The van der Waals surface area contributed by atoms with Gasteiger partial charge in [0.2, 0.25) is 0 Å². The van der Waals surface area contributed by atoms with Crippen LogP contribution in [0.4, 0.5) is 4.79 Å². The second kappa shape index (κ2) is 6.96. The first-order valence-electron chi connectivity index (χ1n) is 7.38. The average Bonchev–Trinajstić information content (AvgIpc) is 2.69. The summed E-state index contributed by atoms with van der Waals surface area (Å²) in [7, 11) is -2.99. The van der Waals surface area contributed by atoms with E-state index in [0.29, 0.717) is 13.1 Å². The van der Waals surface area contributed by atoms with E-state index in [0.717, 1.165) is 12.8 Å². The van der Waals surface area contributed by atoms with Crippen LogP contribution in [0.3, 0.4) is 0 Å². The molecule has 0 bridgehead atoms. The summed E-state index contributed by atoms with van der Waals surface area (Å²) in [6.45, 7) is 8.68. The van der Waals surface area contributed by atoms with Crippen molar-refractivity contribution in [3.63, 3.8) is 0 Å². The monoisotopic (exact) mass is 320 g/mol.